The molecule has 6 heteroatoms. The predicted octanol–water partition coefficient (Wildman–Crippen LogP) is 4.18. The Hall–Kier alpha value is -3.28. The van der Waals surface area contributed by atoms with Crippen LogP contribution in [0.2, 0.25) is 0 Å². The van der Waals surface area contributed by atoms with Gasteiger partial charge in [-0.3, -0.25) is 0 Å². The summed E-state index contributed by atoms with van der Waals surface area (Å²) in [6, 6.07) is 15.5. The average molecular weight is 407 g/mol. The molecule has 0 unspecified atom stereocenters. The minimum absolute atomic E-state index is 0.243. The number of aromatic nitrogens is 2. The fourth-order valence-electron chi connectivity index (χ4n) is 3.41. The molecule has 1 heterocycles. The third-order valence-corrected chi connectivity index (χ3v) is 5.19. The summed E-state index contributed by atoms with van der Waals surface area (Å²) in [5, 5.41) is 6.01. The van der Waals surface area contributed by atoms with Gasteiger partial charge in [-0.2, -0.15) is 0 Å². The number of ether oxygens (including phenoxy) is 1. The number of hydrogen-bond donors (Lipinski definition) is 2. The smallest absolute Gasteiger partial charge is 0.315 e. The van der Waals surface area contributed by atoms with Gasteiger partial charge in [-0.15, -0.1) is 0 Å². The number of nitrogens with one attached hydrogen (secondary N) is 2. The first-order chi connectivity index (χ1) is 14.5. The van der Waals surface area contributed by atoms with Gasteiger partial charge >= 0.3 is 6.03 Å². The molecule has 0 radical (unpaired) electrons. The van der Waals surface area contributed by atoms with E-state index in [1.54, 1.807) is 13.3 Å². The molecule has 3 aromatic rings. The number of carbonyl (C=O) groups is 1. The van der Waals surface area contributed by atoms with Gasteiger partial charge in [-0.1, -0.05) is 56.3 Å². The normalized spacial score (nSPS) is 11.9. The Labute approximate surface area is 178 Å². The Bertz CT molecular complexity index is 963. The van der Waals surface area contributed by atoms with Crippen LogP contribution in [0.3, 0.4) is 0 Å². The van der Waals surface area contributed by atoms with Crippen LogP contribution >= 0.6 is 0 Å². The topological polar surface area (TPSA) is 68.2 Å². The minimum atomic E-state index is -0.425. The maximum Gasteiger partial charge on any atom is 0.315 e. The van der Waals surface area contributed by atoms with Crippen molar-refractivity contribution in [2.75, 3.05) is 13.7 Å². The highest BCUT2D eigenvalue weighted by Crippen LogP contribution is 2.28. The molecule has 158 valence electrons. The Morgan fingerprint density at radius 3 is 2.50 bits per heavy atom. The van der Waals surface area contributed by atoms with Gasteiger partial charge in [-0.05, 0) is 29.5 Å². The number of carbonyl (C=O) groups excluding carboxylic acids is 1. The van der Waals surface area contributed by atoms with E-state index in [4.69, 9.17) is 4.74 Å². The van der Waals surface area contributed by atoms with E-state index in [-0.39, 0.29) is 6.03 Å². The maximum atomic E-state index is 12.7. The molecule has 0 saturated carbocycles. The molecule has 3 rings (SSSR count). The number of imidazole rings is 1. The van der Waals surface area contributed by atoms with Crippen LogP contribution in [0, 0.1) is 0 Å². The van der Waals surface area contributed by atoms with Crippen LogP contribution in [-0.2, 0) is 13.5 Å². The van der Waals surface area contributed by atoms with Crippen LogP contribution in [0.25, 0.3) is 0 Å². The standard InChI is InChI=1S/C24H30N4O2/c1-17(2)19-11-9-18(10-12-19)13-14-26-24(29)27-22(23-25-15-16-28(23)3)20-7-5-6-8-21(20)30-4/h5-12,15-17,22H,13-14H2,1-4H3,(H2,26,27,29)/t22-/m1/s1. The summed E-state index contributed by atoms with van der Waals surface area (Å²) >= 11 is 0. The molecule has 2 amide bonds. The van der Waals surface area contributed by atoms with E-state index in [2.05, 4.69) is 53.7 Å². The largest absolute Gasteiger partial charge is 0.496 e. The molecule has 0 spiro atoms. The first-order valence-electron chi connectivity index (χ1n) is 10.2. The van der Waals surface area contributed by atoms with E-state index >= 15 is 0 Å². The molecular formula is C24H30N4O2. The summed E-state index contributed by atoms with van der Waals surface area (Å²) in [5.41, 5.74) is 3.37. The number of rotatable bonds is 8. The lowest BCUT2D eigenvalue weighted by molar-refractivity contribution is 0.238. The minimum Gasteiger partial charge on any atom is -0.496 e. The Balaban J connectivity index is 1.66. The fourth-order valence-corrected chi connectivity index (χ4v) is 3.41. The van der Waals surface area contributed by atoms with Gasteiger partial charge in [0.05, 0.1) is 7.11 Å². The summed E-state index contributed by atoms with van der Waals surface area (Å²) in [6.45, 7) is 4.91. The monoisotopic (exact) mass is 406 g/mol. The number of amides is 2. The molecule has 30 heavy (non-hydrogen) atoms. The van der Waals surface area contributed by atoms with Crippen LogP contribution in [0.5, 0.6) is 5.75 Å². The quantitative estimate of drug-likeness (QED) is 0.590. The second kappa shape index (κ2) is 9.96. The zero-order valence-corrected chi connectivity index (χ0v) is 18.1. The first kappa shape index (κ1) is 21.4. The molecule has 0 aliphatic carbocycles. The van der Waals surface area contributed by atoms with Crippen molar-refractivity contribution in [3.63, 3.8) is 0 Å². The molecule has 1 atom stereocenters. The zero-order valence-electron chi connectivity index (χ0n) is 18.1. The summed E-state index contributed by atoms with van der Waals surface area (Å²) in [7, 11) is 3.53. The lowest BCUT2D eigenvalue weighted by Gasteiger charge is -2.21. The molecule has 0 fully saturated rings. The fraction of sp³-hybridized carbons (Fsp3) is 0.333. The average Bonchev–Trinajstić information content (AvgIpc) is 3.18. The highest BCUT2D eigenvalue weighted by Gasteiger charge is 2.23. The van der Waals surface area contributed by atoms with E-state index in [0.29, 0.717) is 18.2 Å². The summed E-state index contributed by atoms with van der Waals surface area (Å²) in [6.07, 6.45) is 4.35. The van der Waals surface area contributed by atoms with Crippen molar-refractivity contribution in [3.8, 4) is 5.75 Å². The predicted molar refractivity (Wildman–Crippen MR) is 119 cm³/mol. The number of para-hydroxylation sites is 1. The molecule has 2 aromatic carbocycles. The number of aryl methyl sites for hydroxylation is 1. The number of nitrogens with zero attached hydrogens (tertiary/aromatic N) is 2. The molecule has 0 aliphatic rings. The van der Waals surface area contributed by atoms with Crippen molar-refractivity contribution in [3.05, 3.63) is 83.4 Å². The van der Waals surface area contributed by atoms with Crippen molar-refractivity contribution in [2.24, 2.45) is 7.05 Å². The Morgan fingerprint density at radius 2 is 1.87 bits per heavy atom. The van der Waals surface area contributed by atoms with Gasteiger partial charge in [0.15, 0.2) is 0 Å². The number of hydrogen-bond acceptors (Lipinski definition) is 3. The summed E-state index contributed by atoms with van der Waals surface area (Å²) in [5.74, 6) is 1.95. The lowest BCUT2D eigenvalue weighted by atomic mass is 10.0. The van der Waals surface area contributed by atoms with E-state index < -0.39 is 6.04 Å². The molecule has 0 bridgehead atoms. The van der Waals surface area contributed by atoms with Crippen molar-refractivity contribution in [1.29, 1.82) is 0 Å². The third kappa shape index (κ3) is 5.20. The maximum absolute atomic E-state index is 12.7. The van der Waals surface area contributed by atoms with Crippen molar-refractivity contribution < 1.29 is 9.53 Å². The van der Waals surface area contributed by atoms with E-state index in [1.807, 2.05) is 42.1 Å². The summed E-state index contributed by atoms with van der Waals surface area (Å²) < 4.78 is 7.40. The highest BCUT2D eigenvalue weighted by molar-refractivity contribution is 5.75. The van der Waals surface area contributed by atoms with E-state index in [1.165, 1.54) is 11.1 Å². The second-order valence-electron chi connectivity index (χ2n) is 7.62. The molecule has 1 aromatic heterocycles. The van der Waals surface area contributed by atoms with Gasteiger partial charge in [0, 0.05) is 31.5 Å². The highest BCUT2D eigenvalue weighted by atomic mass is 16.5. The van der Waals surface area contributed by atoms with Crippen LogP contribution in [-0.4, -0.2) is 29.2 Å². The van der Waals surface area contributed by atoms with Crippen LogP contribution < -0.4 is 15.4 Å². The Morgan fingerprint density at radius 1 is 1.13 bits per heavy atom. The number of benzene rings is 2. The number of methoxy groups -OCH3 is 1. The SMILES string of the molecule is COc1ccccc1[C@@H](NC(=O)NCCc1ccc(C(C)C)cc1)c1nccn1C. The lowest BCUT2D eigenvalue weighted by Crippen LogP contribution is -2.40. The van der Waals surface area contributed by atoms with E-state index in [0.717, 1.165) is 17.8 Å². The zero-order chi connectivity index (χ0) is 21.5. The number of urea groups is 1. The Kier molecular flexibility index (Phi) is 7.12. The van der Waals surface area contributed by atoms with Crippen molar-refractivity contribution in [1.82, 2.24) is 20.2 Å². The van der Waals surface area contributed by atoms with Crippen LogP contribution in [0.15, 0.2) is 60.9 Å². The molecule has 2 N–H and O–H groups in total. The molecule has 0 aliphatic heterocycles. The second-order valence-corrected chi connectivity index (χ2v) is 7.62. The van der Waals surface area contributed by atoms with Crippen molar-refractivity contribution >= 4 is 6.03 Å². The van der Waals surface area contributed by atoms with Crippen LogP contribution in [0.1, 0.15) is 48.3 Å². The van der Waals surface area contributed by atoms with Crippen LogP contribution in [0.4, 0.5) is 4.79 Å². The molecule has 0 saturated heterocycles. The van der Waals surface area contributed by atoms with Crippen molar-refractivity contribution in [2.45, 2.75) is 32.2 Å². The van der Waals surface area contributed by atoms with E-state index in [9.17, 15) is 4.79 Å². The van der Waals surface area contributed by atoms with Gasteiger partial charge in [0.2, 0.25) is 0 Å². The summed E-state index contributed by atoms with van der Waals surface area (Å²) in [4.78, 5) is 17.1. The molecular weight excluding hydrogens is 376 g/mol. The third-order valence-electron chi connectivity index (χ3n) is 5.19. The first-order valence-corrected chi connectivity index (χ1v) is 10.2. The van der Waals surface area contributed by atoms with Gasteiger partial charge in [0.25, 0.3) is 0 Å². The molecule has 6 nitrogen and oxygen atoms in total. The van der Waals surface area contributed by atoms with Gasteiger partial charge in [-0.25, -0.2) is 9.78 Å². The van der Waals surface area contributed by atoms with Gasteiger partial charge in [0.1, 0.15) is 17.6 Å². The van der Waals surface area contributed by atoms with Gasteiger partial charge < -0.3 is 19.9 Å².